The molecule has 2 aromatic rings. The second kappa shape index (κ2) is 9.19. The van der Waals surface area contributed by atoms with Crippen LogP contribution in [0.4, 0.5) is 23.1 Å². The molecule has 7 nitrogen and oxygen atoms in total. The molecule has 1 aromatic carbocycles. The Balaban J connectivity index is 1.36. The number of hydrogen-bond acceptors (Lipinski definition) is 7. The Kier molecular flexibility index (Phi) is 6.21. The van der Waals surface area contributed by atoms with Gasteiger partial charge in [0.25, 0.3) is 0 Å². The molecule has 0 spiro atoms. The molecule has 0 radical (unpaired) electrons. The van der Waals surface area contributed by atoms with E-state index in [0.29, 0.717) is 12.0 Å². The van der Waals surface area contributed by atoms with Gasteiger partial charge in [-0.2, -0.15) is 10.1 Å². The van der Waals surface area contributed by atoms with Gasteiger partial charge >= 0.3 is 0 Å². The summed E-state index contributed by atoms with van der Waals surface area (Å²) in [6.45, 7) is 4.37. The average molecular weight is 382 g/mol. The van der Waals surface area contributed by atoms with Crippen LogP contribution in [0.15, 0.2) is 30.5 Å². The van der Waals surface area contributed by atoms with Crippen molar-refractivity contribution in [1.82, 2.24) is 20.1 Å². The smallest absolute Gasteiger partial charge is 0.249 e. The van der Waals surface area contributed by atoms with Gasteiger partial charge in [0.05, 0.1) is 6.20 Å². The maximum atomic E-state index is 4.60. The molecule has 2 N–H and O–H groups in total. The molecule has 0 unspecified atom stereocenters. The molecule has 1 saturated carbocycles. The monoisotopic (exact) mass is 381 g/mol. The quantitative estimate of drug-likeness (QED) is 0.768. The van der Waals surface area contributed by atoms with E-state index >= 15 is 0 Å². The summed E-state index contributed by atoms with van der Waals surface area (Å²) in [5, 5.41) is 15.1. The summed E-state index contributed by atoms with van der Waals surface area (Å²) in [4.78, 5) is 9.40. The summed E-state index contributed by atoms with van der Waals surface area (Å²) in [6, 6.07) is 8.99. The van der Waals surface area contributed by atoms with Gasteiger partial charge in [0, 0.05) is 43.6 Å². The van der Waals surface area contributed by atoms with Crippen molar-refractivity contribution in [3.63, 3.8) is 0 Å². The summed E-state index contributed by atoms with van der Waals surface area (Å²) in [5.41, 5.74) is 2.24. The van der Waals surface area contributed by atoms with Crippen molar-refractivity contribution in [2.75, 3.05) is 48.8 Å². The molecule has 28 heavy (non-hydrogen) atoms. The maximum absolute atomic E-state index is 4.60. The van der Waals surface area contributed by atoms with E-state index in [4.69, 9.17) is 0 Å². The van der Waals surface area contributed by atoms with Crippen LogP contribution in [0.3, 0.4) is 0 Å². The largest absolute Gasteiger partial charge is 0.369 e. The lowest BCUT2D eigenvalue weighted by Crippen LogP contribution is -2.44. The first-order valence-corrected chi connectivity index (χ1v) is 10.5. The Morgan fingerprint density at radius 3 is 2.36 bits per heavy atom. The zero-order chi connectivity index (χ0) is 19.2. The zero-order valence-corrected chi connectivity index (χ0v) is 16.8. The van der Waals surface area contributed by atoms with Crippen molar-refractivity contribution in [2.45, 2.75) is 44.6 Å². The van der Waals surface area contributed by atoms with Crippen molar-refractivity contribution in [3.8, 4) is 0 Å². The predicted molar refractivity (Wildman–Crippen MR) is 114 cm³/mol. The van der Waals surface area contributed by atoms with Gasteiger partial charge in [-0.3, -0.25) is 0 Å². The van der Waals surface area contributed by atoms with Gasteiger partial charge in [-0.1, -0.05) is 25.7 Å². The van der Waals surface area contributed by atoms with Crippen molar-refractivity contribution in [3.05, 3.63) is 30.5 Å². The van der Waals surface area contributed by atoms with Crippen LogP contribution >= 0.6 is 0 Å². The molecule has 2 heterocycles. The minimum atomic E-state index is 0.495. The summed E-state index contributed by atoms with van der Waals surface area (Å²) >= 11 is 0. The standard InChI is InChI=1S/C21H31N7/c1-27-12-14-28(15-13-27)19-10-8-18(9-11-19)24-21-25-20(16-22-26-21)23-17-6-4-2-3-5-7-17/h8-11,16-17H,2-7,12-15H2,1H3,(H2,23,24,25,26). The van der Waals surface area contributed by atoms with Gasteiger partial charge in [0.2, 0.25) is 5.95 Å². The summed E-state index contributed by atoms with van der Waals surface area (Å²) in [5.74, 6) is 1.34. The molecule has 2 aliphatic rings. The topological polar surface area (TPSA) is 69.2 Å². The second-order valence-corrected chi connectivity index (χ2v) is 7.96. The predicted octanol–water partition coefficient (Wildman–Crippen LogP) is 3.50. The number of hydrogen-bond donors (Lipinski definition) is 2. The molecule has 0 atom stereocenters. The highest BCUT2D eigenvalue weighted by Crippen LogP contribution is 2.22. The molecule has 4 rings (SSSR count). The number of likely N-dealkylation sites (N-methyl/N-ethyl adjacent to an activating group) is 1. The fourth-order valence-corrected chi connectivity index (χ4v) is 4.01. The average Bonchev–Trinajstić information content (AvgIpc) is 2.98. The van der Waals surface area contributed by atoms with Gasteiger partial charge in [-0.15, -0.1) is 5.10 Å². The summed E-state index contributed by atoms with van der Waals surface area (Å²) in [7, 11) is 2.18. The minimum absolute atomic E-state index is 0.495. The van der Waals surface area contributed by atoms with Crippen LogP contribution in [-0.4, -0.2) is 59.3 Å². The SMILES string of the molecule is CN1CCN(c2ccc(Nc3nncc(NC4CCCCCC4)n3)cc2)CC1. The Morgan fingerprint density at radius 2 is 1.64 bits per heavy atom. The number of aromatic nitrogens is 3. The van der Waals surface area contributed by atoms with Gasteiger partial charge in [0.15, 0.2) is 5.82 Å². The molecule has 1 aliphatic carbocycles. The molecule has 7 heteroatoms. The molecule has 0 bridgehead atoms. The molecular formula is C21H31N7. The van der Waals surface area contributed by atoms with Crippen LogP contribution in [0.2, 0.25) is 0 Å². The molecule has 150 valence electrons. The van der Waals surface area contributed by atoms with Crippen LogP contribution < -0.4 is 15.5 Å². The Morgan fingerprint density at radius 1 is 0.929 bits per heavy atom. The third-order valence-electron chi connectivity index (χ3n) is 5.76. The van der Waals surface area contributed by atoms with Crippen molar-refractivity contribution in [1.29, 1.82) is 0 Å². The van der Waals surface area contributed by atoms with E-state index in [-0.39, 0.29) is 0 Å². The Bertz CT molecular complexity index is 733. The van der Waals surface area contributed by atoms with Crippen LogP contribution in [0.1, 0.15) is 38.5 Å². The molecule has 0 amide bonds. The van der Waals surface area contributed by atoms with Gasteiger partial charge in [0.1, 0.15) is 0 Å². The van der Waals surface area contributed by atoms with E-state index in [1.165, 1.54) is 44.2 Å². The first kappa shape index (κ1) is 18.9. The highest BCUT2D eigenvalue weighted by molar-refractivity contribution is 5.59. The number of benzene rings is 1. The lowest BCUT2D eigenvalue weighted by atomic mass is 10.1. The Labute approximate surface area is 167 Å². The first-order valence-electron chi connectivity index (χ1n) is 10.5. The summed E-state index contributed by atoms with van der Waals surface area (Å²) in [6.07, 6.45) is 9.41. The van der Waals surface area contributed by atoms with E-state index < -0.39 is 0 Å². The van der Waals surface area contributed by atoms with Crippen LogP contribution in [0.25, 0.3) is 0 Å². The highest BCUT2D eigenvalue weighted by Gasteiger charge is 2.15. The number of rotatable bonds is 5. The first-order chi connectivity index (χ1) is 13.8. The van der Waals surface area contributed by atoms with Crippen molar-refractivity contribution in [2.24, 2.45) is 0 Å². The minimum Gasteiger partial charge on any atom is -0.369 e. The third kappa shape index (κ3) is 5.10. The van der Waals surface area contributed by atoms with Crippen LogP contribution in [0.5, 0.6) is 0 Å². The summed E-state index contributed by atoms with van der Waals surface area (Å²) < 4.78 is 0. The normalized spacial score (nSPS) is 19.2. The fraction of sp³-hybridized carbons (Fsp3) is 0.571. The molecular weight excluding hydrogens is 350 g/mol. The Hall–Kier alpha value is -2.41. The van der Waals surface area contributed by atoms with Gasteiger partial charge in [-0.05, 0) is 44.2 Å². The van der Waals surface area contributed by atoms with Crippen molar-refractivity contribution < 1.29 is 0 Å². The molecule has 1 aromatic heterocycles. The van der Waals surface area contributed by atoms with E-state index in [9.17, 15) is 0 Å². The van der Waals surface area contributed by atoms with Crippen LogP contribution in [-0.2, 0) is 0 Å². The van der Waals surface area contributed by atoms with E-state index in [1.807, 2.05) is 0 Å². The molecule has 1 saturated heterocycles. The molecule has 2 fully saturated rings. The second-order valence-electron chi connectivity index (χ2n) is 7.96. The number of anilines is 4. The fourth-order valence-electron chi connectivity index (χ4n) is 4.01. The number of nitrogens with one attached hydrogen (secondary N) is 2. The van der Waals surface area contributed by atoms with E-state index in [0.717, 1.165) is 37.7 Å². The van der Waals surface area contributed by atoms with E-state index in [2.05, 4.69) is 66.9 Å². The number of nitrogens with zero attached hydrogens (tertiary/aromatic N) is 5. The van der Waals surface area contributed by atoms with Crippen LogP contribution in [0, 0.1) is 0 Å². The number of piperazine rings is 1. The highest BCUT2D eigenvalue weighted by atomic mass is 15.3. The van der Waals surface area contributed by atoms with Crippen molar-refractivity contribution >= 4 is 23.1 Å². The molecule has 1 aliphatic heterocycles. The van der Waals surface area contributed by atoms with Gasteiger partial charge in [-0.25, -0.2) is 0 Å². The lowest BCUT2D eigenvalue weighted by Gasteiger charge is -2.34. The maximum Gasteiger partial charge on any atom is 0.249 e. The van der Waals surface area contributed by atoms with E-state index in [1.54, 1.807) is 6.20 Å². The lowest BCUT2D eigenvalue weighted by molar-refractivity contribution is 0.313. The third-order valence-corrected chi connectivity index (χ3v) is 5.76. The van der Waals surface area contributed by atoms with Gasteiger partial charge < -0.3 is 20.4 Å². The zero-order valence-electron chi connectivity index (χ0n) is 16.8.